The summed E-state index contributed by atoms with van der Waals surface area (Å²) in [4.78, 5) is 24.7. The Kier molecular flexibility index (Phi) is 14.3. The van der Waals surface area contributed by atoms with E-state index in [-0.39, 0.29) is 43.5 Å². The second-order valence-corrected chi connectivity index (χ2v) is 19.0. The quantitative estimate of drug-likeness (QED) is 0.0631. The van der Waals surface area contributed by atoms with E-state index < -0.39 is 64.6 Å². The summed E-state index contributed by atoms with van der Waals surface area (Å²) < 4.78 is 101. The summed E-state index contributed by atoms with van der Waals surface area (Å²) in [6.07, 6.45) is 13.2. The normalized spacial score (nSPS) is 20.7. The number of anilines is 1. The van der Waals surface area contributed by atoms with E-state index in [1.807, 2.05) is 42.4 Å². The van der Waals surface area contributed by atoms with Gasteiger partial charge in [0.2, 0.25) is 5.69 Å². The molecule has 2 aromatic rings. The summed E-state index contributed by atoms with van der Waals surface area (Å²) in [6.45, 7) is 6.35. The Hall–Kier alpha value is -4.46. The van der Waals surface area contributed by atoms with Gasteiger partial charge in [-0.15, -0.1) is 0 Å². The number of benzene rings is 2. The minimum Gasteiger partial charge on any atom is -0.481 e. The third-order valence-electron chi connectivity index (χ3n) is 10.4. The van der Waals surface area contributed by atoms with Gasteiger partial charge in [-0.1, -0.05) is 36.4 Å². The lowest BCUT2D eigenvalue weighted by Crippen LogP contribution is -2.32. The summed E-state index contributed by atoms with van der Waals surface area (Å²) in [5.41, 5.74) is 3.10. The van der Waals surface area contributed by atoms with Crippen LogP contribution in [0.2, 0.25) is 0 Å². The van der Waals surface area contributed by atoms with Gasteiger partial charge in [0.15, 0.2) is 5.71 Å². The number of nitrogens with zero attached hydrogens (tertiary/aromatic N) is 2. The monoisotopic (exact) mass is 849 g/mol. The lowest BCUT2D eigenvalue weighted by Gasteiger charge is -2.30. The molecule has 4 rings (SSSR count). The van der Waals surface area contributed by atoms with E-state index in [2.05, 4.69) is 0 Å². The van der Waals surface area contributed by atoms with Crippen molar-refractivity contribution in [3.05, 3.63) is 101 Å². The van der Waals surface area contributed by atoms with Crippen LogP contribution in [0.25, 0.3) is 0 Å². The van der Waals surface area contributed by atoms with E-state index in [4.69, 9.17) is 0 Å². The van der Waals surface area contributed by atoms with Crippen molar-refractivity contribution in [1.82, 2.24) is 0 Å². The Morgan fingerprint density at radius 3 is 2.00 bits per heavy atom. The van der Waals surface area contributed by atoms with Crippen LogP contribution in [0.15, 0.2) is 89.5 Å². The van der Waals surface area contributed by atoms with Gasteiger partial charge in [-0.2, -0.15) is 29.8 Å². The van der Waals surface area contributed by atoms with E-state index in [9.17, 15) is 58.7 Å². The molecule has 2 atom stereocenters. The molecule has 0 fully saturated rings. The van der Waals surface area contributed by atoms with Crippen molar-refractivity contribution < 1.29 is 63.3 Å². The molecule has 0 saturated heterocycles. The van der Waals surface area contributed by atoms with Crippen LogP contribution in [0.1, 0.15) is 76.0 Å². The number of fused-ring (bicyclic) bond motifs is 2. The summed E-state index contributed by atoms with van der Waals surface area (Å²) >= 11 is 0. The number of allylic oxidation sites excluding steroid dienone is 8. The molecule has 0 radical (unpaired) electrons. The van der Waals surface area contributed by atoms with Crippen LogP contribution in [0.4, 0.5) is 11.4 Å². The first kappa shape index (κ1) is 45.2. The Bertz CT molecular complexity index is 2380. The first-order valence-electron chi connectivity index (χ1n) is 18.2. The fraction of sp³-hybridized carbons (Fsp3) is 0.410. The SMILES string of the molecule is CCN1C(=CC=CC=CC=CC2=[N+](CCCS(=O)(=O)O)c3ccc(CC(=O)O)cc3C2(C)CCCC(=O)O)C(C)(CCCS(=O)(=O)O)c2cc(S(=O)(=O)O)ccc21. The van der Waals surface area contributed by atoms with E-state index in [1.165, 1.54) is 12.1 Å². The van der Waals surface area contributed by atoms with Crippen LogP contribution < -0.4 is 4.90 Å². The first-order valence-corrected chi connectivity index (χ1v) is 22.9. The third kappa shape index (κ3) is 11.4. The lowest BCUT2D eigenvalue weighted by atomic mass is 9.75. The van der Waals surface area contributed by atoms with Gasteiger partial charge in [0.1, 0.15) is 6.54 Å². The lowest BCUT2D eigenvalue weighted by molar-refractivity contribution is -0.437. The Balaban J connectivity index is 1.70. The first-order chi connectivity index (χ1) is 26.5. The van der Waals surface area contributed by atoms with Crippen LogP contribution in [-0.4, -0.2) is 95.9 Å². The number of rotatable bonds is 20. The predicted octanol–water partition coefficient (Wildman–Crippen LogP) is 5.47. The summed E-state index contributed by atoms with van der Waals surface area (Å²) in [5, 5.41) is 18.8. The van der Waals surface area contributed by atoms with Gasteiger partial charge in [0.05, 0.1) is 28.2 Å². The van der Waals surface area contributed by atoms with Crippen LogP contribution >= 0.6 is 0 Å². The topological polar surface area (TPSA) is 244 Å². The van der Waals surface area contributed by atoms with Crippen molar-refractivity contribution in [2.75, 3.05) is 29.5 Å². The van der Waals surface area contributed by atoms with Crippen LogP contribution in [-0.2, 0) is 57.2 Å². The molecule has 2 aliphatic heterocycles. The van der Waals surface area contributed by atoms with Gasteiger partial charge < -0.3 is 15.1 Å². The smallest absolute Gasteiger partial charge is 0.307 e. The molecule has 0 bridgehead atoms. The maximum atomic E-state index is 12.0. The van der Waals surface area contributed by atoms with Crippen LogP contribution in [0.5, 0.6) is 0 Å². The molecule has 2 unspecified atom stereocenters. The number of aliphatic carboxylic acids is 2. The molecule has 0 aliphatic carbocycles. The molecule has 18 heteroatoms. The van der Waals surface area contributed by atoms with Crippen LogP contribution in [0.3, 0.4) is 0 Å². The molecule has 2 aliphatic rings. The minimum absolute atomic E-state index is 0.0693. The molecule has 2 aromatic carbocycles. The van der Waals surface area contributed by atoms with E-state index in [0.29, 0.717) is 41.9 Å². The largest absolute Gasteiger partial charge is 0.481 e. The third-order valence-corrected chi connectivity index (χ3v) is 12.8. The minimum atomic E-state index is -4.54. The molecule has 15 nitrogen and oxygen atoms in total. The highest BCUT2D eigenvalue weighted by Gasteiger charge is 2.47. The molecular weight excluding hydrogens is 801 g/mol. The van der Waals surface area contributed by atoms with Crippen molar-refractivity contribution in [3.63, 3.8) is 0 Å². The Labute approximate surface area is 333 Å². The van der Waals surface area contributed by atoms with Gasteiger partial charge in [-0.25, -0.2) is 0 Å². The number of likely N-dealkylation sites (N-methyl/N-ethyl adjacent to an activating group) is 1. The molecule has 0 aromatic heterocycles. The zero-order chi connectivity index (χ0) is 42.4. The highest BCUT2D eigenvalue weighted by atomic mass is 32.2. The van der Waals surface area contributed by atoms with Gasteiger partial charge >= 0.3 is 11.9 Å². The molecule has 0 amide bonds. The maximum Gasteiger partial charge on any atom is 0.307 e. The number of hydrogen-bond donors (Lipinski definition) is 5. The van der Waals surface area contributed by atoms with E-state index in [0.717, 1.165) is 17.0 Å². The van der Waals surface area contributed by atoms with Gasteiger partial charge in [0, 0.05) is 53.9 Å². The number of hydrogen-bond acceptors (Lipinski definition) is 9. The van der Waals surface area contributed by atoms with E-state index in [1.54, 1.807) is 54.6 Å². The number of carboxylic acid groups (broad SMARTS) is 2. The van der Waals surface area contributed by atoms with Crippen molar-refractivity contribution in [3.8, 4) is 0 Å². The van der Waals surface area contributed by atoms with Crippen molar-refractivity contribution in [2.24, 2.45) is 0 Å². The average Bonchev–Trinajstić information content (AvgIpc) is 3.45. The molecule has 0 spiro atoms. The zero-order valence-corrected chi connectivity index (χ0v) is 34.4. The molecule has 0 saturated carbocycles. The highest BCUT2D eigenvalue weighted by Crippen LogP contribution is 2.51. The Morgan fingerprint density at radius 1 is 0.754 bits per heavy atom. The molecule has 57 heavy (non-hydrogen) atoms. The van der Waals surface area contributed by atoms with Crippen molar-refractivity contribution >= 4 is 59.4 Å². The molecule has 5 N–H and O–H groups in total. The maximum absolute atomic E-state index is 12.0. The van der Waals surface area contributed by atoms with Crippen molar-refractivity contribution in [2.45, 2.75) is 81.4 Å². The fourth-order valence-electron chi connectivity index (χ4n) is 7.78. The zero-order valence-electron chi connectivity index (χ0n) is 31.9. The average molecular weight is 850 g/mol. The standard InChI is InChI=1S/C39H48N2O13S3/c1-4-40-32-19-17-29(57(52,53)54)27-31(32)39(3,21-11-23-55(46,47)48)34(40)13-8-6-5-7-9-14-35-38(2,20-10-15-36(42)43)30-25-28(26-37(44)45)16-18-33(30)41(35)22-12-24-56(49,50)51/h5-9,13-14,16-19,25,27H,4,10-12,15,20-24,26H2,1-3H3,(H4-,42,43,44,45,46,47,48,49,50,51,52,53,54)/p+1. The summed E-state index contributed by atoms with van der Waals surface area (Å²) in [7, 11) is -13.0. The highest BCUT2D eigenvalue weighted by molar-refractivity contribution is 7.86. The van der Waals surface area contributed by atoms with Crippen LogP contribution in [0, 0.1) is 0 Å². The second kappa shape index (κ2) is 18.0. The van der Waals surface area contributed by atoms with Gasteiger partial charge in [0.25, 0.3) is 30.4 Å². The predicted molar refractivity (Wildman–Crippen MR) is 215 cm³/mol. The number of carboxylic acids is 2. The summed E-state index contributed by atoms with van der Waals surface area (Å²) in [5.74, 6) is -2.96. The molecule has 2 heterocycles. The number of carbonyl (C=O) groups is 2. The van der Waals surface area contributed by atoms with Crippen molar-refractivity contribution in [1.29, 1.82) is 0 Å². The summed E-state index contributed by atoms with van der Waals surface area (Å²) in [6, 6.07) is 9.50. The Morgan fingerprint density at radius 2 is 1.39 bits per heavy atom. The molecular formula is C39H49N2O13S3+. The second-order valence-electron chi connectivity index (χ2n) is 14.5. The van der Waals surface area contributed by atoms with Gasteiger partial charge in [-0.05, 0) is 87.9 Å². The van der Waals surface area contributed by atoms with E-state index >= 15 is 0 Å². The van der Waals surface area contributed by atoms with Gasteiger partial charge in [-0.3, -0.25) is 23.2 Å². The fourth-order valence-corrected chi connectivity index (χ4v) is 9.29. The molecule has 310 valence electrons.